The maximum atomic E-state index is 11.8. The number of carbonyl (C=O) groups is 1. The molecule has 28 heavy (non-hydrogen) atoms. The maximum absolute atomic E-state index is 11.8. The Kier molecular flexibility index (Phi) is 4.77. The van der Waals surface area contributed by atoms with Gasteiger partial charge in [0.05, 0.1) is 18.9 Å². The van der Waals surface area contributed by atoms with Gasteiger partial charge in [-0.05, 0) is 41.8 Å². The first-order valence-electron chi connectivity index (χ1n) is 8.97. The largest absolute Gasteiger partial charge is 0.465 e. The summed E-state index contributed by atoms with van der Waals surface area (Å²) in [6.45, 7) is 2.08. The van der Waals surface area contributed by atoms with Gasteiger partial charge in [0, 0.05) is 11.1 Å². The van der Waals surface area contributed by atoms with Crippen molar-refractivity contribution in [3.05, 3.63) is 90.1 Å². The van der Waals surface area contributed by atoms with E-state index in [4.69, 9.17) is 9.15 Å². The van der Waals surface area contributed by atoms with E-state index >= 15 is 0 Å². The van der Waals surface area contributed by atoms with E-state index in [1.54, 1.807) is 24.4 Å². The van der Waals surface area contributed by atoms with Gasteiger partial charge in [-0.25, -0.2) is 9.78 Å². The summed E-state index contributed by atoms with van der Waals surface area (Å²) in [4.78, 5) is 16.2. The second-order valence-corrected chi connectivity index (χ2v) is 6.45. The molecule has 4 aromatic rings. The van der Waals surface area contributed by atoms with Gasteiger partial charge >= 0.3 is 5.97 Å². The molecule has 138 valence electrons. The standard InChI is InChI=1S/C24H19NO3/c1-16-20(17-8-4-3-5-9-17)12-7-13-21(16)22-15-25-23(28-22)18-10-6-11-19(14-18)24(26)27-2/h3-15H,1-2H3. The van der Waals surface area contributed by atoms with E-state index in [9.17, 15) is 4.79 Å². The molecule has 1 aromatic heterocycles. The number of nitrogens with zero attached hydrogens (tertiary/aromatic N) is 1. The van der Waals surface area contributed by atoms with E-state index in [2.05, 4.69) is 30.1 Å². The third-order valence-electron chi connectivity index (χ3n) is 4.72. The average Bonchev–Trinajstić information content (AvgIpc) is 3.24. The molecule has 0 bridgehead atoms. The van der Waals surface area contributed by atoms with E-state index in [0.29, 0.717) is 17.2 Å². The van der Waals surface area contributed by atoms with Crippen molar-refractivity contribution >= 4 is 5.97 Å². The van der Waals surface area contributed by atoms with Crippen LogP contribution >= 0.6 is 0 Å². The van der Waals surface area contributed by atoms with E-state index in [-0.39, 0.29) is 5.97 Å². The molecule has 4 nitrogen and oxygen atoms in total. The van der Waals surface area contributed by atoms with Crippen LogP contribution in [-0.2, 0) is 4.74 Å². The van der Waals surface area contributed by atoms with Crippen molar-refractivity contribution in [2.24, 2.45) is 0 Å². The number of oxazole rings is 1. The summed E-state index contributed by atoms with van der Waals surface area (Å²) in [5.74, 6) is 0.763. The Balaban J connectivity index is 1.72. The van der Waals surface area contributed by atoms with Crippen LogP contribution in [0.15, 0.2) is 83.4 Å². The number of aromatic nitrogens is 1. The van der Waals surface area contributed by atoms with Crippen molar-refractivity contribution in [1.29, 1.82) is 0 Å². The highest BCUT2D eigenvalue weighted by Gasteiger charge is 2.14. The molecule has 4 rings (SSSR count). The van der Waals surface area contributed by atoms with Gasteiger partial charge in [-0.2, -0.15) is 0 Å². The summed E-state index contributed by atoms with van der Waals surface area (Å²) < 4.78 is 10.8. The van der Waals surface area contributed by atoms with E-state index in [1.165, 1.54) is 7.11 Å². The summed E-state index contributed by atoms with van der Waals surface area (Å²) in [6.07, 6.45) is 1.72. The quantitative estimate of drug-likeness (QED) is 0.429. The second kappa shape index (κ2) is 7.53. The monoisotopic (exact) mass is 369 g/mol. The second-order valence-electron chi connectivity index (χ2n) is 6.45. The highest BCUT2D eigenvalue weighted by atomic mass is 16.5. The van der Waals surface area contributed by atoms with Gasteiger partial charge in [-0.1, -0.05) is 54.6 Å². The zero-order chi connectivity index (χ0) is 19.5. The molecule has 1 heterocycles. The van der Waals surface area contributed by atoms with Crippen molar-refractivity contribution in [1.82, 2.24) is 4.98 Å². The lowest BCUT2D eigenvalue weighted by molar-refractivity contribution is 0.0601. The van der Waals surface area contributed by atoms with Crippen molar-refractivity contribution in [2.45, 2.75) is 6.92 Å². The van der Waals surface area contributed by atoms with Crippen LogP contribution in [0, 0.1) is 6.92 Å². The van der Waals surface area contributed by atoms with Crippen molar-refractivity contribution in [3.63, 3.8) is 0 Å². The molecule has 0 atom stereocenters. The molecule has 0 aliphatic heterocycles. The SMILES string of the molecule is COC(=O)c1cccc(-c2ncc(-c3cccc(-c4ccccc4)c3C)o2)c1. The van der Waals surface area contributed by atoms with Crippen LogP contribution in [0.4, 0.5) is 0 Å². The van der Waals surface area contributed by atoms with Crippen LogP contribution in [0.2, 0.25) is 0 Å². The molecule has 0 amide bonds. The van der Waals surface area contributed by atoms with Crippen molar-refractivity contribution in [3.8, 4) is 33.9 Å². The lowest BCUT2D eigenvalue weighted by Gasteiger charge is -2.09. The van der Waals surface area contributed by atoms with Crippen LogP contribution in [0.1, 0.15) is 15.9 Å². The lowest BCUT2D eigenvalue weighted by Crippen LogP contribution is -2.00. The van der Waals surface area contributed by atoms with Crippen molar-refractivity contribution < 1.29 is 13.9 Å². The number of benzene rings is 3. The Hall–Kier alpha value is -3.66. The Morgan fingerprint density at radius 2 is 1.61 bits per heavy atom. The molecule has 0 fully saturated rings. The van der Waals surface area contributed by atoms with Gasteiger partial charge in [0.2, 0.25) is 5.89 Å². The molecule has 0 radical (unpaired) electrons. The zero-order valence-electron chi connectivity index (χ0n) is 15.7. The molecule has 0 saturated carbocycles. The molecular formula is C24H19NO3. The first-order chi connectivity index (χ1) is 13.7. The number of ether oxygens (including phenoxy) is 1. The summed E-state index contributed by atoms with van der Waals surface area (Å²) >= 11 is 0. The number of carbonyl (C=O) groups excluding carboxylic acids is 1. The summed E-state index contributed by atoms with van der Waals surface area (Å²) in [6, 6.07) is 23.5. The smallest absolute Gasteiger partial charge is 0.337 e. The Morgan fingerprint density at radius 1 is 0.893 bits per heavy atom. The Bertz CT molecular complexity index is 1130. The van der Waals surface area contributed by atoms with Crippen molar-refractivity contribution in [2.75, 3.05) is 7.11 Å². The molecule has 0 unspecified atom stereocenters. The third-order valence-corrected chi connectivity index (χ3v) is 4.72. The van der Waals surface area contributed by atoms with E-state index in [1.807, 2.05) is 36.4 Å². The van der Waals surface area contributed by atoms with E-state index in [0.717, 1.165) is 27.8 Å². The number of methoxy groups -OCH3 is 1. The molecule has 0 saturated heterocycles. The first-order valence-corrected chi connectivity index (χ1v) is 8.97. The predicted octanol–water partition coefficient (Wildman–Crippen LogP) is 5.77. The van der Waals surface area contributed by atoms with E-state index < -0.39 is 0 Å². The Morgan fingerprint density at radius 3 is 2.39 bits per heavy atom. The van der Waals surface area contributed by atoms with Gasteiger partial charge in [0.25, 0.3) is 0 Å². The molecule has 0 spiro atoms. The van der Waals surface area contributed by atoms with Crippen LogP contribution in [0.25, 0.3) is 33.9 Å². The fraction of sp³-hybridized carbons (Fsp3) is 0.0833. The number of hydrogen-bond donors (Lipinski definition) is 0. The minimum atomic E-state index is -0.389. The van der Waals surface area contributed by atoms with Gasteiger partial charge in [-0.15, -0.1) is 0 Å². The minimum Gasteiger partial charge on any atom is -0.465 e. The summed E-state index contributed by atoms with van der Waals surface area (Å²) in [5, 5.41) is 0. The minimum absolute atomic E-state index is 0.389. The Labute approximate surface area is 163 Å². The average molecular weight is 369 g/mol. The van der Waals surface area contributed by atoms with Gasteiger partial charge in [-0.3, -0.25) is 0 Å². The van der Waals surface area contributed by atoms with Gasteiger partial charge < -0.3 is 9.15 Å². The summed E-state index contributed by atoms with van der Waals surface area (Å²) in [5.41, 5.74) is 5.62. The van der Waals surface area contributed by atoms with Gasteiger partial charge in [0.1, 0.15) is 0 Å². The molecule has 0 aliphatic rings. The topological polar surface area (TPSA) is 52.3 Å². The molecule has 0 aliphatic carbocycles. The molecular weight excluding hydrogens is 350 g/mol. The number of esters is 1. The highest BCUT2D eigenvalue weighted by Crippen LogP contribution is 2.33. The maximum Gasteiger partial charge on any atom is 0.337 e. The lowest BCUT2D eigenvalue weighted by atomic mass is 9.96. The van der Waals surface area contributed by atoms with Crippen LogP contribution in [-0.4, -0.2) is 18.1 Å². The number of rotatable bonds is 4. The molecule has 3 aromatic carbocycles. The first kappa shape index (κ1) is 17.7. The van der Waals surface area contributed by atoms with Crippen LogP contribution < -0.4 is 0 Å². The highest BCUT2D eigenvalue weighted by molar-refractivity contribution is 5.90. The molecule has 4 heteroatoms. The molecule has 0 N–H and O–H groups in total. The predicted molar refractivity (Wildman–Crippen MR) is 109 cm³/mol. The number of hydrogen-bond acceptors (Lipinski definition) is 4. The fourth-order valence-electron chi connectivity index (χ4n) is 3.26. The third kappa shape index (κ3) is 3.32. The fourth-order valence-corrected chi connectivity index (χ4v) is 3.26. The van der Waals surface area contributed by atoms with Crippen LogP contribution in [0.3, 0.4) is 0 Å². The van der Waals surface area contributed by atoms with Gasteiger partial charge in [0.15, 0.2) is 5.76 Å². The van der Waals surface area contributed by atoms with Crippen LogP contribution in [0.5, 0.6) is 0 Å². The zero-order valence-corrected chi connectivity index (χ0v) is 15.7. The summed E-state index contributed by atoms with van der Waals surface area (Å²) in [7, 11) is 1.36. The normalized spacial score (nSPS) is 10.6.